The van der Waals surface area contributed by atoms with Crippen molar-refractivity contribution in [2.45, 2.75) is 32.6 Å². The van der Waals surface area contributed by atoms with Gasteiger partial charge in [0.15, 0.2) is 0 Å². The Morgan fingerprint density at radius 2 is 2.00 bits per heavy atom. The quantitative estimate of drug-likeness (QED) is 0.773. The zero-order valence-corrected chi connectivity index (χ0v) is 14.4. The highest BCUT2D eigenvalue weighted by Gasteiger charge is 2.15. The summed E-state index contributed by atoms with van der Waals surface area (Å²) in [5.41, 5.74) is 13.1. The molecule has 0 radical (unpaired) electrons. The number of carbonyl (C=O) groups excluding carboxylic acids is 1. The van der Waals surface area contributed by atoms with Crippen molar-refractivity contribution in [2.75, 3.05) is 11.9 Å². The molecular weight excluding hydrogens is 312 g/mol. The maximum Gasteiger partial charge on any atom is 0.238 e. The smallest absolute Gasteiger partial charge is 0.238 e. The molecule has 0 unspecified atom stereocenters. The van der Waals surface area contributed by atoms with Gasteiger partial charge in [0.1, 0.15) is 5.65 Å². The van der Waals surface area contributed by atoms with Crippen LogP contribution in [0.1, 0.15) is 29.7 Å². The number of nitrogens with two attached hydrogens (primary N) is 1. The Labute approximate surface area is 146 Å². The van der Waals surface area contributed by atoms with Crippen LogP contribution in [-0.2, 0) is 17.6 Å². The Morgan fingerprint density at radius 1 is 1.20 bits per heavy atom. The minimum atomic E-state index is -0.202. The Hall–Kier alpha value is -2.66. The molecule has 2 aromatic heterocycles. The lowest BCUT2D eigenvalue weighted by atomic mass is 9.90. The van der Waals surface area contributed by atoms with Gasteiger partial charge in [0.2, 0.25) is 5.91 Å². The van der Waals surface area contributed by atoms with Crippen LogP contribution < -0.4 is 11.1 Å². The summed E-state index contributed by atoms with van der Waals surface area (Å²) in [6.07, 6.45) is 6.80. The number of imidazole rings is 1. The van der Waals surface area contributed by atoms with Gasteiger partial charge in [0, 0.05) is 17.5 Å². The van der Waals surface area contributed by atoms with Gasteiger partial charge in [-0.3, -0.25) is 4.79 Å². The molecule has 1 amide bonds. The molecule has 0 fully saturated rings. The molecule has 1 aromatic carbocycles. The van der Waals surface area contributed by atoms with Crippen LogP contribution in [0.25, 0.3) is 16.9 Å². The predicted octanol–water partition coefficient (Wildman–Crippen LogP) is 3.09. The third-order valence-electron chi connectivity index (χ3n) is 4.95. The summed E-state index contributed by atoms with van der Waals surface area (Å²) in [5, 5.41) is 2.79. The van der Waals surface area contributed by atoms with E-state index in [4.69, 9.17) is 10.7 Å². The highest BCUT2D eigenvalue weighted by atomic mass is 16.1. The Kier molecular flexibility index (Phi) is 4.01. The van der Waals surface area contributed by atoms with Crippen molar-refractivity contribution in [3.8, 4) is 11.3 Å². The minimum absolute atomic E-state index is 0.0265. The molecule has 0 atom stereocenters. The first kappa shape index (κ1) is 15.8. The molecule has 3 N–H and O–H groups in total. The highest BCUT2D eigenvalue weighted by Crippen LogP contribution is 2.29. The first-order valence-electron chi connectivity index (χ1n) is 8.76. The second-order valence-corrected chi connectivity index (χ2v) is 6.63. The van der Waals surface area contributed by atoms with E-state index in [9.17, 15) is 4.79 Å². The number of rotatable bonds is 3. The van der Waals surface area contributed by atoms with E-state index in [2.05, 4.69) is 30.4 Å². The summed E-state index contributed by atoms with van der Waals surface area (Å²) < 4.78 is 2.01. The lowest BCUT2D eigenvalue weighted by Gasteiger charge is -2.16. The normalized spacial score (nSPS) is 13.7. The SMILES string of the molecule is Cc1c(-c2ccc3c(c2)CCCC3)nc2ccc(NC(=O)CN)cn12. The Bertz CT molecular complexity index is 958. The predicted molar refractivity (Wildman–Crippen MR) is 99.7 cm³/mol. The highest BCUT2D eigenvalue weighted by molar-refractivity contribution is 5.92. The Balaban J connectivity index is 1.75. The lowest BCUT2D eigenvalue weighted by molar-refractivity contribution is -0.114. The number of hydrogen-bond donors (Lipinski definition) is 2. The molecule has 128 valence electrons. The fourth-order valence-electron chi connectivity index (χ4n) is 3.60. The van der Waals surface area contributed by atoms with Gasteiger partial charge in [-0.05, 0) is 61.9 Å². The molecule has 5 heteroatoms. The van der Waals surface area contributed by atoms with Gasteiger partial charge < -0.3 is 15.5 Å². The van der Waals surface area contributed by atoms with Crippen molar-refractivity contribution in [3.05, 3.63) is 53.3 Å². The summed E-state index contributed by atoms with van der Waals surface area (Å²) in [6, 6.07) is 10.5. The number of anilines is 1. The van der Waals surface area contributed by atoms with E-state index in [1.54, 1.807) is 0 Å². The van der Waals surface area contributed by atoms with E-state index in [1.807, 2.05) is 22.7 Å². The van der Waals surface area contributed by atoms with E-state index >= 15 is 0 Å². The molecule has 0 saturated carbocycles. The molecule has 5 nitrogen and oxygen atoms in total. The minimum Gasteiger partial charge on any atom is -0.324 e. The third kappa shape index (κ3) is 2.91. The second kappa shape index (κ2) is 6.33. The van der Waals surface area contributed by atoms with Gasteiger partial charge in [-0.25, -0.2) is 4.98 Å². The van der Waals surface area contributed by atoms with Crippen LogP contribution in [-0.4, -0.2) is 21.8 Å². The standard InChI is InChI=1S/C20H22N4O/c1-13-20(16-7-6-14-4-2-3-5-15(14)10-16)23-18-9-8-17(12-24(13)18)22-19(25)11-21/h6-10,12H,2-5,11,21H2,1H3,(H,22,25). The molecular formula is C20H22N4O. The van der Waals surface area contributed by atoms with Crippen LogP contribution in [0.15, 0.2) is 36.5 Å². The van der Waals surface area contributed by atoms with Crippen LogP contribution in [0.4, 0.5) is 5.69 Å². The number of carbonyl (C=O) groups is 1. The zero-order valence-electron chi connectivity index (χ0n) is 14.4. The van der Waals surface area contributed by atoms with Gasteiger partial charge in [-0.2, -0.15) is 0 Å². The van der Waals surface area contributed by atoms with Crippen LogP contribution in [0.5, 0.6) is 0 Å². The summed E-state index contributed by atoms with van der Waals surface area (Å²) >= 11 is 0. The maximum absolute atomic E-state index is 11.5. The van der Waals surface area contributed by atoms with E-state index in [-0.39, 0.29) is 12.5 Å². The fourth-order valence-corrected chi connectivity index (χ4v) is 3.60. The molecule has 0 spiro atoms. The molecule has 0 saturated heterocycles. The van der Waals surface area contributed by atoms with Crippen molar-refractivity contribution in [1.29, 1.82) is 0 Å². The van der Waals surface area contributed by atoms with Gasteiger partial charge in [0.05, 0.1) is 17.9 Å². The average Bonchev–Trinajstić information content (AvgIpc) is 2.97. The monoisotopic (exact) mass is 334 g/mol. The number of amides is 1. The van der Waals surface area contributed by atoms with Crippen molar-refractivity contribution >= 4 is 17.2 Å². The number of benzene rings is 1. The van der Waals surface area contributed by atoms with Gasteiger partial charge >= 0.3 is 0 Å². The number of fused-ring (bicyclic) bond motifs is 2. The summed E-state index contributed by atoms with van der Waals surface area (Å²) in [6.45, 7) is 2.03. The number of pyridine rings is 1. The second-order valence-electron chi connectivity index (χ2n) is 6.63. The van der Waals surface area contributed by atoms with Gasteiger partial charge in [-0.1, -0.05) is 12.1 Å². The van der Waals surface area contributed by atoms with Crippen molar-refractivity contribution < 1.29 is 4.79 Å². The van der Waals surface area contributed by atoms with Crippen LogP contribution >= 0.6 is 0 Å². The van der Waals surface area contributed by atoms with Gasteiger partial charge in [0.25, 0.3) is 0 Å². The molecule has 25 heavy (non-hydrogen) atoms. The summed E-state index contributed by atoms with van der Waals surface area (Å²) in [7, 11) is 0. The van der Waals surface area contributed by atoms with Crippen LogP contribution in [0.2, 0.25) is 0 Å². The third-order valence-corrected chi connectivity index (χ3v) is 4.95. The first-order valence-corrected chi connectivity index (χ1v) is 8.76. The van der Waals surface area contributed by atoms with E-state index in [0.717, 1.165) is 34.7 Å². The average molecular weight is 334 g/mol. The molecule has 1 aliphatic carbocycles. The number of nitrogens with one attached hydrogen (secondary N) is 1. The number of nitrogens with zero attached hydrogens (tertiary/aromatic N) is 2. The van der Waals surface area contributed by atoms with Gasteiger partial charge in [-0.15, -0.1) is 0 Å². The van der Waals surface area contributed by atoms with E-state index in [0.29, 0.717) is 0 Å². The topological polar surface area (TPSA) is 72.4 Å². The van der Waals surface area contributed by atoms with Crippen molar-refractivity contribution in [3.63, 3.8) is 0 Å². The van der Waals surface area contributed by atoms with E-state index in [1.165, 1.54) is 30.4 Å². The van der Waals surface area contributed by atoms with E-state index < -0.39 is 0 Å². The van der Waals surface area contributed by atoms with Crippen molar-refractivity contribution in [1.82, 2.24) is 9.38 Å². The molecule has 2 heterocycles. The lowest BCUT2D eigenvalue weighted by Crippen LogP contribution is -2.21. The van der Waals surface area contributed by atoms with Crippen LogP contribution in [0, 0.1) is 6.92 Å². The Morgan fingerprint density at radius 3 is 2.80 bits per heavy atom. The molecule has 4 rings (SSSR count). The molecule has 3 aromatic rings. The number of aryl methyl sites for hydroxylation is 3. The van der Waals surface area contributed by atoms with Crippen molar-refractivity contribution in [2.24, 2.45) is 5.73 Å². The van der Waals surface area contributed by atoms with Crippen LogP contribution in [0.3, 0.4) is 0 Å². The summed E-state index contributed by atoms with van der Waals surface area (Å²) in [5.74, 6) is -0.202. The summed E-state index contributed by atoms with van der Waals surface area (Å²) in [4.78, 5) is 16.3. The molecule has 0 aliphatic heterocycles. The fraction of sp³-hybridized carbons (Fsp3) is 0.300. The molecule has 0 bridgehead atoms. The number of hydrogen-bond acceptors (Lipinski definition) is 3. The zero-order chi connectivity index (χ0) is 17.4. The largest absolute Gasteiger partial charge is 0.324 e. The number of aromatic nitrogens is 2. The molecule has 1 aliphatic rings. The first-order chi connectivity index (χ1) is 12.2. The maximum atomic E-state index is 11.5.